The lowest BCUT2D eigenvalue weighted by Crippen LogP contribution is -2.29. The minimum atomic E-state index is -0.661. The van der Waals surface area contributed by atoms with E-state index in [0.29, 0.717) is 23.4 Å². The van der Waals surface area contributed by atoms with Crippen LogP contribution in [0, 0.1) is 27.3 Å². The summed E-state index contributed by atoms with van der Waals surface area (Å²) >= 11 is 0. The number of nitro benzene ring substituents is 1. The molecule has 0 radical (unpaired) electrons. The molecule has 2 aromatic carbocycles. The highest BCUT2D eigenvalue weighted by Gasteiger charge is 2.27. The number of nitro groups is 1. The average molecular weight is 486 g/mol. The number of nitrogens with zero attached hydrogens (tertiary/aromatic N) is 5. The molecule has 3 heterocycles. The van der Waals surface area contributed by atoms with Crippen LogP contribution >= 0.6 is 0 Å². The number of nitriles is 1. The summed E-state index contributed by atoms with van der Waals surface area (Å²) in [6.45, 7) is 0.719. The Morgan fingerprint density at radius 3 is 2.78 bits per heavy atom. The topological polar surface area (TPSA) is 136 Å². The summed E-state index contributed by atoms with van der Waals surface area (Å²) in [5, 5.41) is 24.3. The zero-order valence-electron chi connectivity index (χ0n) is 19.1. The number of ether oxygens (including phenoxy) is 1. The second kappa shape index (κ2) is 9.16. The van der Waals surface area contributed by atoms with Crippen LogP contribution in [0.15, 0.2) is 53.6 Å². The highest BCUT2D eigenvalue weighted by molar-refractivity contribution is 5.95. The Hall–Kier alpha value is -4.69. The highest BCUT2D eigenvalue weighted by Crippen LogP contribution is 2.33. The molecule has 0 unspecified atom stereocenters. The number of hydrogen-bond donors (Lipinski definition) is 1. The zero-order chi connectivity index (χ0) is 25.4. The summed E-state index contributed by atoms with van der Waals surface area (Å²) < 4.78 is 20.9. The standard InChI is InChI=1S/C25H19FN6O4/c1-36-22-5-4-16(10-20(22)26)31-24(21-3-2-6-29-21)30-23-18(15-7-14(11-27)12-28-13-15)8-17(32(34)35)9-19(23)25(31)33/h4-5,7-10,12-13,21,29H,2-3,6H2,1H3/t21-/m1/s1. The number of pyridine rings is 1. The van der Waals surface area contributed by atoms with E-state index in [1.54, 1.807) is 0 Å². The molecule has 1 aliphatic rings. The number of fused-ring (bicyclic) bond motifs is 1. The quantitative estimate of drug-likeness (QED) is 0.332. The number of aromatic nitrogens is 3. The smallest absolute Gasteiger partial charge is 0.271 e. The number of benzene rings is 2. The van der Waals surface area contributed by atoms with Gasteiger partial charge in [0.25, 0.3) is 11.2 Å². The van der Waals surface area contributed by atoms with Crippen LogP contribution in [-0.2, 0) is 0 Å². The third-order valence-electron chi connectivity index (χ3n) is 6.14. The van der Waals surface area contributed by atoms with Gasteiger partial charge in [0.1, 0.15) is 11.9 Å². The molecule has 10 nitrogen and oxygen atoms in total. The Morgan fingerprint density at radius 1 is 1.28 bits per heavy atom. The van der Waals surface area contributed by atoms with Crippen LogP contribution in [0.1, 0.15) is 30.3 Å². The molecule has 0 amide bonds. The van der Waals surface area contributed by atoms with Crippen molar-refractivity contribution in [2.45, 2.75) is 18.9 Å². The lowest BCUT2D eigenvalue weighted by atomic mass is 10.0. The number of hydrogen-bond acceptors (Lipinski definition) is 8. The first-order chi connectivity index (χ1) is 17.4. The van der Waals surface area contributed by atoms with E-state index in [1.807, 2.05) is 6.07 Å². The van der Waals surface area contributed by atoms with Gasteiger partial charge in [-0.2, -0.15) is 5.26 Å². The fourth-order valence-corrected chi connectivity index (χ4v) is 4.45. The number of nitrogens with one attached hydrogen (secondary N) is 1. The summed E-state index contributed by atoms with van der Waals surface area (Å²) in [4.78, 5) is 33.9. The van der Waals surface area contributed by atoms with E-state index in [2.05, 4.69) is 10.3 Å². The molecule has 0 bridgehead atoms. The number of non-ortho nitro benzene ring substituents is 1. The molecule has 1 atom stereocenters. The highest BCUT2D eigenvalue weighted by atomic mass is 19.1. The van der Waals surface area contributed by atoms with E-state index in [9.17, 15) is 24.6 Å². The number of halogens is 1. The van der Waals surface area contributed by atoms with Gasteiger partial charge in [0.15, 0.2) is 11.6 Å². The van der Waals surface area contributed by atoms with Crippen LogP contribution in [0.5, 0.6) is 5.75 Å². The fraction of sp³-hybridized carbons (Fsp3) is 0.200. The molecular formula is C25H19FN6O4. The Balaban J connectivity index is 1.88. The molecule has 0 saturated carbocycles. The second-order valence-corrected chi connectivity index (χ2v) is 8.30. The molecule has 1 saturated heterocycles. The molecular weight excluding hydrogens is 467 g/mol. The predicted octanol–water partition coefficient (Wildman–Crippen LogP) is 3.80. The normalized spacial score (nSPS) is 15.1. The molecule has 0 spiro atoms. The van der Waals surface area contributed by atoms with Gasteiger partial charge in [-0.15, -0.1) is 0 Å². The average Bonchev–Trinajstić information content (AvgIpc) is 3.43. The van der Waals surface area contributed by atoms with Gasteiger partial charge < -0.3 is 10.1 Å². The maximum atomic E-state index is 14.6. The van der Waals surface area contributed by atoms with Crippen LogP contribution in [0.4, 0.5) is 10.1 Å². The molecule has 36 heavy (non-hydrogen) atoms. The molecule has 1 aliphatic heterocycles. The molecule has 2 aromatic heterocycles. The van der Waals surface area contributed by atoms with E-state index in [-0.39, 0.29) is 39.6 Å². The van der Waals surface area contributed by atoms with Crippen molar-refractivity contribution in [3.63, 3.8) is 0 Å². The molecule has 1 fully saturated rings. The maximum absolute atomic E-state index is 14.6. The summed E-state index contributed by atoms with van der Waals surface area (Å²) in [7, 11) is 1.34. The fourth-order valence-electron chi connectivity index (χ4n) is 4.45. The lowest BCUT2D eigenvalue weighted by Gasteiger charge is -2.19. The third kappa shape index (κ3) is 3.93. The lowest BCUT2D eigenvalue weighted by molar-refractivity contribution is -0.384. The maximum Gasteiger partial charge on any atom is 0.271 e. The molecule has 4 aromatic rings. The van der Waals surface area contributed by atoms with Crippen LogP contribution in [0.2, 0.25) is 0 Å². The Labute approximate surface area is 203 Å². The van der Waals surface area contributed by atoms with E-state index >= 15 is 0 Å². The third-order valence-corrected chi connectivity index (χ3v) is 6.14. The van der Waals surface area contributed by atoms with E-state index in [4.69, 9.17) is 9.72 Å². The van der Waals surface area contributed by atoms with Crippen LogP contribution < -0.4 is 15.6 Å². The first-order valence-corrected chi connectivity index (χ1v) is 11.1. The monoisotopic (exact) mass is 486 g/mol. The van der Waals surface area contributed by atoms with Gasteiger partial charge in [-0.25, -0.2) is 9.37 Å². The SMILES string of the molecule is COc1ccc(-n2c([C@H]3CCCN3)nc3c(-c4cncc(C#N)c4)cc([N+](=O)[O-])cc3c2=O)cc1F. The number of rotatable bonds is 5. The largest absolute Gasteiger partial charge is 0.494 e. The van der Waals surface area contributed by atoms with Crippen molar-refractivity contribution in [3.05, 3.63) is 86.5 Å². The van der Waals surface area contributed by atoms with Crippen molar-refractivity contribution in [2.75, 3.05) is 13.7 Å². The van der Waals surface area contributed by atoms with Crippen molar-refractivity contribution < 1.29 is 14.1 Å². The van der Waals surface area contributed by atoms with E-state index in [0.717, 1.165) is 19.0 Å². The number of methoxy groups -OCH3 is 1. The Kier molecular flexibility index (Phi) is 5.87. The van der Waals surface area contributed by atoms with Gasteiger partial charge in [0.05, 0.1) is 40.2 Å². The van der Waals surface area contributed by atoms with Crippen molar-refractivity contribution in [1.29, 1.82) is 5.26 Å². The van der Waals surface area contributed by atoms with Crippen LogP contribution in [0.3, 0.4) is 0 Å². The molecule has 11 heteroatoms. The van der Waals surface area contributed by atoms with Crippen LogP contribution in [-0.4, -0.2) is 33.1 Å². The predicted molar refractivity (Wildman–Crippen MR) is 128 cm³/mol. The van der Waals surface area contributed by atoms with Crippen molar-refractivity contribution in [3.8, 4) is 28.6 Å². The molecule has 0 aliphatic carbocycles. The van der Waals surface area contributed by atoms with Crippen LogP contribution in [0.25, 0.3) is 27.7 Å². The Bertz CT molecular complexity index is 1620. The first-order valence-electron chi connectivity index (χ1n) is 11.1. The van der Waals surface area contributed by atoms with Gasteiger partial charge in [-0.3, -0.25) is 24.5 Å². The van der Waals surface area contributed by atoms with Crippen molar-refractivity contribution in [1.82, 2.24) is 19.9 Å². The summed E-state index contributed by atoms with van der Waals surface area (Å²) in [6.07, 6.45) is 4.38. The van der Waals surface area contributed by atoms with E-state index < -0.39 is 16.3 Å². The molecule has 180 valence electrons. The second-order valence-electron chi connectivity index (χ2n) is 8.30. The van der Waals surface area contributed by atoms with Gasteiger partial charge >= 0.3 is 0 Å². The van der Waals surface area contributed by atoms with Crippen molar-refractivity contribution >= 4 is 16.6 Å². The molecule has 5 rings (SSSR count). The minimum Gasteiger partial charge on any atom is -0.494 e. The zero-order valence-corrected chi connectivity index (χ0v) is 19.1. The van der Waals surface area contributed by atoms with Gasteiger partial charge in [0.2, 0.25) is 0 Å². The molecule has 1 N–H and O–H groups in total. The van der Waals surface area contributed by atoms with Gasteiger partial charge in [-0.1, -0.05) is 0 Å². The minimum absolute atomic E-state index is 0.0143. The van der Waals surface area contributed by atoms with Crippen molar-refractivity contribution in [2.24, 2.45) is 0 Å². The first kappa shape index (κ1) is 23.1. The summed E-state index contributed by atoms with van der Waals surface area (Å²) in [5.41, 5.74) is 0.517. The summed E-state index contributed by atoms with van der Waals surface area (Å²) in [6, 6.07) is 9.83. The summed E-state index contributed by atoms with van der Waals surface area (Å²) in [5.74, 6) is -0.288. The van der Waals surface area contributed by atoms with Gasteiger partial charge in [-0.05, 0) is 37.6 Å². The Morgan fingerprint density at radius 2 is 2.11 bits per heavy atom. The van der Waals surface area contributed by atoms with Gasteiger partial charge in [0, 0.05) is 41.7 Å². The van der Waals surface area contributed by atoms with E-state index in [1.165, 1.54) is 54.4 Å².